The van der Waals surface area contributed by atoms with Crippen molar-refractivity contribution in [3.63, 3.8) is 0 Å². The van der Waals surface area contributed by atoms with E-state index in [0.717, 1.165) is 62.8 Å². The number of para-hydroxylation sites is 1. The highest BCUT2D eigenvalue weighted by molar-refractivity contribution is 8.00. The van der Waals surface area contributed by atoms with Crippen LogP contribution in [0.4, 0.5) is 5.69 Å². The number of amides is 2. The second-order valence-electron chi connectivity index (χ2n) is 7.05. The van der Waals surface area contributed by atoms with E-state index in [1.165, 1.54) is 0 Å². The van der Waals surface area contributed by atoms with Gasteiger partial charge in [-0.3, -0.25) is 14.5 Å². The molecular weight excluding hydrogens is 350 g/mol. The van der Waals surface area contributed by atoms with Gasteiger partial charge in [-0.25, -0.2) is 0 Å². The maximum atomic E-state index is 12.8. The van der Waals surface area contributed by atoms with E-state index < -0.39 is 0 Å². The predicted molar refractivity (Wildman–Crippen MR) is 102 cm³/mol. The van der Waals surface area contributed by atoms with Crippen LogP contribution in [0.5, 0.6) is 0 Å². The van der Waals surface area contributed by atoms with Crippen molar-refractivity contribution in [3.8, 4) is 0 Å². The standard InChI is InChI=1S/C19H25N3O3S/c23-18(13-22-16-5-1-2-6-17(16)26-14-19(22)24)21-9-7-20(8-10-21)12-15-4-3-11-25-15/h1-2,5-6,15H,3-4,7-14H2. The van der Waals surface area contributed by atoms with Crippen LogP contribution in [0.25, 0.3) is 0 Å². The summed E-state index contributed by atoms with van der Waals surface area (Å²) in [6.45, 7) is 5.21. The molecule has 2 fully saturated rings. The molecule has 0 spiro atoms. The molecule has 7 heteroatoms. The summed E-state index contributed by atoms with van der Waals surface area (Å²) in [5.41, 5.74) is 0.860. The summed E-state index contributed by atoms with van der Waals surface area (Å²) in [7, 11) is 0. The zero-order valence-corrected chi connectivity index (χ0v) is 15.7. The molecular formula is C19H25N3O3S. The van der Waals surface area contributed by atoms with Crippen LogP contribution >= 0.6 is 11.8 Å². The minimum atomic E-state index is 0.0130. The van der Waals surface area contributed by atoms with Gasteiger partial charge in [-0.2, -0.15) is 0 Å². The highest BCUT2D eigenvalue weighted by Gasteiger charge is 2.30. The van der Waals surface area contributed by atoms with E-state index in [2.05, 4.69) is 4.90 Å². The highest BCUT2D eigenvalue weighted by Crippen LogP contribution is 2.34. The molecule has 3 aliphatic heterocycles. The zero-order chi connectivity index (χ0) is 17.9. The number of thioether (sulfide) groups is 1. The number of anilines is 1. The first-order valence-corrected chi connectivity index (χ1v) is 10.3. The van der Waals surface area contributed by atoms with E-state index in [9.17, 15) is 9.59 Å². The number of ether oxygens (including phenoxy) is 1. The molecule has 26 heavy (non-hydrogen) atoms. The number of benzene rings is 1. The van der Waals surface area contributed by atoms with Gasteiger partial charge in [0, 0.05) is 44.2 Å². The van der Waals surface area contributed by atoms with Gasteiger partial charge < -0.3 is 14.5 Å². The smallest absolute Gasteiger partial charge is 0.242 e. The van der Waals surface area contributed by atoms with Crippen molar-refractivity contribution in [1.82, 2.24) is 9.80 Å². The third-order valence-corrected chi connectivity index (χ3v) is 6.36. The maximum Gasteiger partial charge on any atom is 0.242 e. The molecule has 3 heterocycles. The van der Waals surface area contributed by atoms with E-state index in [0.29, 0.717) is 11.9 Å². The molecule has 1 aromatic carbocycles. The van der Waals surface area contributed by atoms with Crippen molar-refractivity contribution in [2.75, 3.05) is 56.5 Å². The topological polar surface area (TPSA) is 53.1 Å². The van der Waals surface area contributed by atoms with Gasteiger partial charge >= 0.3 is 0 Å². The number of hydrogen-bond acceptors (Lipinski definition) is 5. The Labute approximate surface area is 158 Å². The van der Waals surface area contributed by atoms with Crippen LogP contribution in [-0.4, -0.2) is 79.3 Å². The first-order chi connectivity index (χ1) is 12.7. The van der Waals surface area contributed by atoms with Gasteiger partial charge in [0.2, 0.25) is 11.8 Å². The number of fused-ring (bicyclic) bond motifs is 1. The Balaban J connectivity index is 1.32. The molecule has 0 bridgehead atoms. The molecule has 1 atom stereocenters. The SMILES string of the molecule is O=C(CN1C(=O)CSc2ccccc21)N1CCN(CC2CCCO2)CC1. The van der Waals surface area contributed by atoms with Gasteiger partial charge in [0.05, 0.1) is 17.5 Å². The van der Waals surface area contributed by atoms with Crippen LogP contribution in [0.3, 0.4) is 0 Å². The van der Waals surface area contributed by atoms with E-state index in [4.69, 9.17) is 4.74 Å². The first-order valence-electron chi connectivity index (χ1n) is 9.34. The summed E-state index contributed by atoms with van der Waals surface area (Å²) in [5, 5.41) is 0. The molecule has 0 saturated carbocycles. The van der Waals surface area contributed by atoms with Crippen molar-refractivity contribution in [2.24, 2.45) is 0 Å². The number of piperazine rings is 1. The minimum Gasteiger partial charge on any atom is -0.377 e. The Kier molecular flexibility index (Phi) is 5.47. The van der Waals surface area contributed by atoms with Crippen molar-refractivity contribution in [1.29, 1.82) is 0 Å². The van der Waals surface area contributed by atoms with E-state index in [1.54, 1.807) is 16.7 Å². The van der Waals surface area contributed by atoms with Crippen LogP contribution in [-0.2, 0) is 14.3 Å². The lowest BCUT2D eigenvalue weighted by atomic mass is 10.2. The molecule has 6 nitrogen and oxygen atoms in total. The van der Waals surface area contributed by atoms with Crippen LogP contribution in [0.1, 0.15) is 12.8 Å². The van der Waals surface area contributed by atoms with Gasteiger partial charge in [-0.15, -0.1) is 11.8 Å². The van der Waals surface area contributed by atoms with Crippen molar-refractivity contribution >= 4 is 29.3 Å². The van der Waals surface area contributed by atoms with E-state index >= 15 is 0 Å². The molecule has 2 amide bonds. The molecule has 4 rings (SSSR count). The summed E-state index contributed by atoms with van der Waals surface area (Å²) in [6.07, 6.45) is 2.66. The van der Waals surface area contributed by atoms with Crippen LogP contribution in [0, 0.1) is 0 Å². The van der Waals surface area contributed by atoms with Gasteiger partial charge in [-0.05, 0) is 25.0 Å². The summed E-state index contributed by atoms with van der Waals surface area (Å²) >= 11 is 1.54. The molecule has 0 radical (unpaired) electrons. The maximum absolute atomic E-state index is 12.8. The Morgan fingerprint density at radius 1 is 1.19 bits per heavy atom. The Hall–Kier alpha value is -1.57. The van der Waals surface area contributed by atoms with Crippen molar-refractivity contribution < 1.29 is 14.3 Å². The Bertz CT molecular complexity index is 670. The number of hydrogen-bond donors (Lipinski definition) is 0. The molecule has 1 aromatic rings. The monoisotopic (exact) mass is 375 g/mol. The van der Waals surface area contributed by atoms with Gasteiger partial charge in [0.1, 0.15) is 6.54 Å². The van der Waals surface area contributed by atoms with Crippen LogP contribution in [0.2, 0.25) is 0 Å². The second-order valence-corrected chi connectivity index (χ2v) is 8.07. The Morgan fingerprint density at radius 3 is 2.77 bits per heavy atom. The van der Waals surface area contributed by atoms with E-state index in [-0.39, 0.29) is 18.4 Å². The predicted octanol–water partition coefficient (Wildman–Crippen LogP) is 1.45. The number of carbonyl (C=O) groups is 2. The molecule has 3 aliphatic rings. The summed E-state index contributed by atoms with van der Waals surface area (Å²) in [5.74, 6) is 0.454. The van der Waals surface area contributed by atoms with Crippen LogP contribution in [0.15, 0.2) is 29.2 Å². The molecule has 0 N–H and O–H groups in total. The highest BCUT2D eigenvalue weighted by atomic mass is 32.2. The molecule has 2 saturated heterocycles. The van der Waals surface area contributed by atoms with Crippen molar-refractivity contribution in [2.45, 2.75) is 23.8 Å². The average molecular weight is 375 g/mol. The fourth-order valence-corrected chi connectivity index (χ4v) is 4.75. The fraction of sp³-hybridized carbons (Fsp3) is 0.579. The van der Waals surface area contributed by atoms with Gasteiger partial charge in [0.15, 0.2) is 0 Å². The minimum absolute atomic E-state index is 0.0130. The zero-order valence-electron chi connectivity index (χ0n) is 14.9. The Morgan fingerprint density at radius 2 is 2.00 bits per heavy atom. The summed E-state index contributed by atoms with van der Waals surface area (Å²) in [6, 6.07) is 7.81. The molecule has 0 aliphatic carbocycles. The number of rotatable bonds is 4. The number of carbonyl (C=O) groups excluding carboxylic acids is 2. The van der Waals surface area contributed by atoms with E-state index in [1.807, 2.05) is 29.2 Å². The lowest BCUT2D eigenvalue weighted by molar-refractivity contribution is -0.133. The molecule has 1 unspecified atom stereocenters. The van der Waals surface area contributed by atoms with Crippen LogP contribution < -0.4 is 4.90 Å². The normalized spacial score (nSPS) is 24.0. The van der Waals surface area contributed by atoms with Gasteiger partial charge in [-0.1, -0.05) is 12.1 Å². The molecule has 0 aromatic heterocycles. The summed E-state index contributed by atoms with van der Waals surface area (Å²) < 4.78 is 5.71. The fourth-order valence-electron chi connectivity index (χ4n) is 3.82. The largest absolute Gasteiger partial charge is 0.377 e. The van der Waals surface area contributed by atoms with Crippen molar-refractivity contribution in [3.05, 3.63) is 24.3 Å². The second kappa shape index (κ2) is 7.98. The molecule has 140 valence electrons. The third kappa shape index (κ3) is 3.89. The quantitative estimate of drug-likeness (QED) is 0.797. The lowest BCUT2D eigenvalue weighted by Crippen LogP contribution is -2.53. The van der Waals surface area contributed by atoms with Gasteiger partial charge in [0.25, 0.3) is 0 Å². The summed E-state index contributed by atoms with van der Waals surface area (Å²) in [4.78, 5) is 32.1. The average Bonchev–Trinajstić information content (AvgIpc) is 3.17. The first kappa shape index (κ1) is 17.8. The third-order valence-electron chi connectivity index (χ3n) is 5.31. The number of nitrogens with zero attached hydrogens (tertiary/aromatic N) is 3. The lowest BCUT2D eigenvalue weighted by Gasteiger charge is -2.37.